The fourth-order valence-corrected chi connectivity index (χ4v) is 4.13. The molecule has 1 aromatic heterocycles. The minimum Gasteiger partial charge on any atom is -0.480 e. The topological polar surface area (TPSA) is 105 Å². The van der Waals surface area contributed by atoms with Crippen LogP contribution in [0.3, 0.4) is 0 Å². The summed E-state index contributed by atoms with van der Waals surface area (Å²) < 4.78 is 5.09. The summed E-state index contributed by atoms with van der Waals surface area (Å²) in [6.07, 6.45) is 2.03. The number of carboxylic acids is 1. The van der Waals surface area contributed by atoms with Gasteiger partial charge in [0.2, 0.25) is 11.0 Å². The summed E-state index contributed by atoms with van der Waals surface area (Å²) in [4.78, 5) is 50.8. The third-order valence-electron chi connectivity index (χ3n) is 4.52. The Balaban J connectivity index is 1.81. The highest BCUT2D eigenvalue weighted by atomic mass is 32.2. The van der Waals surface area contributed by atoms with Gasteiger partial charge in [-0.05, 0) is 25.0 Å². The second-order valence-electron chi connectivity index (χ2n) is 6.39. The van der Waals surface area contributed by atoms with E-state index in [9.17, 15) is 24.3 Å². The maximum atomic E-state index is 13.0. The molecule has 1 fully saturated rings. The van der Waals surface area contributed by atoms with E-state index in [1.54, 1.807) is 36.4 Å². The lowest BCUT2D eigenvalue weighted by atomic mass is 10.1. The first-order valence-corrected chi connectivity index (χ1v) is 9.71. The number of carboxylic acid groups (broad SMARTS) is 1. The number of amides is 1. The molecule has 1 amide bonds. The smallest absolute Gasteiger partial charge is 0.326 e. The quantitative estimate of drug-likeness (QED) is 0.711. The van der Waals surface area contributed by atoms with Crippen LogP contribution in [0.1, 0.15) is 40.2 Å². The molecule has 1 saturated heterocycles. The highest BCUT2D eigenvalue weighted by Crippen LogP contribution is 2.28. The van der Waals surface area contributed by atoms with E-state index in [0.717, 1.165) is 11.8 Å². The average molecular weight is 401 g/mol. The highest BCUT2D eigenvalue weighted by Gasteiger charge is 2.39. The van der Waals surface area contributed by atoms with Gasteiger partial charge in [-0.15, -0.1) is 0 Å². The van der Waals surface area contributed by atoms with Crippen LogP contribution in [-0.4, -0.2) is 50.6 Å². The molecular weight excluding hydrogens is 382 g/mol. The van der Waals surface area contributed by atoms with Crippen molar-refractivity contribution in [2.45, 2.75) is 30.6 Å². The molecule has 0 bridgehead atoms. The normalized spacial score (nSPS) is 17.3. The van der Waals surface area contributed by atoms with Gasteiger partial charge in [0.25, 0.3) is 0 Å². The third-order valence-corrected chi connectivity index (χ3v) is 5.62. The predicted octanol–water partition coefficient (Wildman–Crippen LogP) is 2.87. The Hall–Kier alpha value is -2.87. The summed E-state index contributed by atoms with van der Waals surface area (Å²) in [6, 6.07) is 10.6. The van der Waals surface area contributed by atoms with E-state index >= 15 is 0 Å². The summed E-state index contributed by atoms with van der Waals surface area (Å²) in [6.45, 7) is 0.293. The Morgan fingerprint density at radius 1 is 1.14 bits per heavy atom. The van der Waals surface area contributed by atoms with Crippen LogP contribution >= 0.6 is 11.8 Å². The van der Waals surface area contributed by atoms with E-state index in [4.69, 9.17) is 4.42 Å². The first-order valence-electron chi connectivity index (χ1n) is 8.83. The van der Waals surface area contributed by atoms with Gasteiger partial charge in [0.15, 0.2) is 11.5 Å². The lowest BCUT2D eigenvalue weighted by Crippen LogP contribution is -2.45. The van der Waals surface area contributed by atoms with E-state index in [1.807, 2.05) is 0 Å². The monoisotopic (exact) mass is 401 g/mol. The van der Waals surface area contributed by atoms with E-state index in [1.165, 1.54) is 17.2 Å². The number of thioether (sulfide) groups is 1. The summed E-state index contributed by atoms with van der Waals surface area (Å²) >= 11 is 0.747. The molecule has 146 valence electrons. The standard InChI is InChI=1S/C20H19NO6S/c22-15(16-9-5-11-27-16)12-17(28-20(26)13-6-2-1-3-7-13)18(23)21-10-4-8-14(21)19(24)25/h1-3,5-7,9,11,14,17H,4,8,10,12H2,(H,24,25)/t14-,17?/m0/s1. The van der Waals surface area contributed by atoms with Crippen molar-refractivity contribution in [1.29, 1.82) is 0 Å². The predicted molar refractivity (Wildman–Crippen MR) is 102 cm³/mol. The van der Waals surface area contributed by atoms with Gasteiger partial charge in [-0.25, -0.2) is 4.79 Å². The first kappa shape index (κ1) is 19.9. The van der Waals surface area contributed by atoms with Gasteiger partial charge >= 0.3 is 5.97 Å². The van der Waals surface area contributed by atoms with Gasteiger partial charge < -0.3 is 14.4 Å². The number of ketones is 1. The molecule has 1 aliphatic heterocycles. The molecule has 0 radical (unpaired) electrons. The number of hydrogen-bond donors (Lipinski definition) is 1. The van der Waals surface area contributed by atoms with Gasteiger partial charge in [-0.3, -0.25) is 14.4 Å². The molecule has 1 N–H and O–H groups in total. The van der Waals surface area contributed by atoms with Crippen molar-refractivity contribution in [3.05, 3.63) is 60.1 Å². The third kappa shape index (κ3) is 4.51. The molecule has 7 nitrogen and oxygen atoms in total. The second kappa shape index (κ2) is 8.88. The highest BCUT2D eigenvalue weighted by molar-refractivity contribution is 8.15. The van der Waals surface area contributed by atoms with Crippen molar-refractivity contribution in [2.75, 3.05) is 6.54 Å². The lowest BCUT2D eigenvalue weighted by molar-refractivity contribution is -0.147. The molecule has 0 aliphatic carbocycles. The van der Waals surface area contributed by atoms with Crippen LogP contribution in [0.2, 0.25) is 0 Å². The van der Waals surface area contributed by atoms with Crippen LogP contribution in [-0.2, 0) is 9.59 Å². The number of Topliss-reactive ketones (excluding diaryl/α,β-unsaturated/α-hetero) is 1. The molecular formula is C20H19NO6S. The zero-order chi connectivity index (χ0) is 20.1. The summed E-state index contributed by atoms with van der Waals surface area (Å²) in [5, 5.41) is 7.98. The van der Waals surface area contributed by atoms with Crippen molar-refractivity contribution < 1.29 is 28.7 Å². The van der Waals surface area contributed by atoms with Gasteiger partial charge in [-0.2, -0.15) is 0 Å². The van der Waals surface area contributed by atoms with E-state index in [0.29, 0.717) is 24.9 Å². The van der Waals surface area contributed by atoms with E-state index in [2.05, 4.69) is 0 Å². The number of nitrogens with zero attached hydrogens (tertiary/aromatic N) is 1. The number of likely N-dealkylation sites (tertiary alicyclic amines) is 1. The zero-order valence-corrected chi connectivity index (χ0v) is 15.8. The number of aliphatic carboxylic acids is 1. The maximum absolute atomic E-state index is 13.0. The first-order chi connectivity index (χ1) is 13.5. The average Bonchev–Trinajstić information content (AvgIpc) is 3.39. The van der Waals surface area contributed by atoms with Gasteiger partial charge in [0.05, 0.1) is 11.5 Å². The molecule has 2 heterocycles. The number of furan rings is 1. The SMILES string of the molecule is O=C(SC(CC(=O)c1ccco1)C(=O)N1CCC[C@H]1C(=O)O)c1ccccc1. The van der Waals surface area contributed by atoms with Crippen LogP contribution in [0.4, 0.5) is 0 Å². The zero-order valence-electron chi connectivity index (χ0n) is 14.9. The molecule has 1 aromatic carbocycles. The van der Waals surface area contributed by atoms with Crippen molar-refractivity contribution >= 4 is 34.5 Å². The van der Waals surface area contributed by atoms with Gasteiger partial charge in [-0.1, -0.05) is 42.1 Å². The second-order valence-corrected chi connectivity index (χ2v) is 7.57. The number of carbonyl (C=O) groups excluding carboxylic acids is 3. The molecule has 0 spiro atoms. The summed E-state index contributed by atoms with van der Waals surface area (Å²) in [7, 11) is 0. The minimum absolute atomic E-state index is 0.0989. The molecule has 3 rings (SSSR count). The lowest BCUT2D eigenvalue weighted by Gasteiger charge is -2.25. The van der Waals surface area contributed by atoms with Crippen LogP contribution in [0.5, 0.6) is 0 Å². The molecule has 28 heavy (non-hydrogen) atoms. The molecule has 2 aromatic rings. The van der Waals surface area contributed by atoms with E-state index < -0.39 is 29.0 Å². The Labute approximate surface area is 165 Å². The fourth-order valence-electron chi connectivity index (χ4n) is 3.13. The Kier molecular flexibility index (Phi) is 6.30. The molecule has 0 saturated carbocycles. The largest absolute Gasteiger partial charge is 0.480 e. The van der Waals surface area contributed by atoms with Crippen molar-refractivity contribution in [2.24, 2.45) is 0 Å². The van der Waals surface area contributed by atoms with Crippen LogP contribution in [0.15, 0.2) is 53.1 Å². The number of benzene rings is 1. The Bertz CT molecular complexity index is 864. The number of carbonyl (C=O) groups is 4. The number of hydrogen-bond acceptors (Lipinski definition) is 6. The van der Waals surface area contributed by atoms with Crippen LogP contribution in [0.25, 0.3) is 0 Å². The van der Waals surface area contributed by atoms with E-state index in [-0.39, 0.29) is 17.3 Å². The fraction of sp³-hybridized carbons (Fsp3) is 0.300. The van der Waals surface area contributed by atoms with Crippen molar-refractivity contribution in [3.63, 3.8) is 0 Å². The molecule has 1 unspecified atom stereocenters. The van der Waals surface area contributed by atoms with Crippen LogP contribution < -0.4 is 0 Å². The molecule has 1 aliphatic rings. The molecule has 2 atom stereocenters. The number of rotatable bonds is 7. The summed E-state index contributed by atoms with van der Waals surface area (Å²) in [5.74, 6) is -1.91. The van der Waals surface area contributed by atoms with Crippen molar-refractivity contribution in [3.8, 4) is 0 Å². The van der Waals surface area contributed by atoms with Gasteiger partial charge in [0.1, 0.15) is 6.04 Å². The Morgan fingerprint density at radius 3 is 2.54 bits per heavy atom. The summed E-state index contributed by atoms with van der Waals surface area (Å²) in [5.41, 5.74) is 0.409. The Morgan fingerprint density at radius 2 is 1.89 bits per heavy atom. The maximum Gasteiger partial charge on any atom is 0.326 e. The van der Waals surface area contributed by atoms with Gasteiger partial charge in [0, 0.05) is 18.5 Å². The van der Waals surface area contributed by atoms with Crippen molar-refractivity contribution in [1.82, 2.24) is 4.90 Å². The minimum atomic E-state index is -1.08. The van der Waals surface area contributed by atoms with Crippen LogP contribution in [0, 0.1) is 0 Å². The molecule has 8 heteroatoms.